The third kappa shape index (κ3) is 16.1. The molecule has 11 nitrogen and oxygen atoms in total. The molecule has 0 spiro atoms. The second-order valence-electron chi connectivity index (χ2n) is 13.1. The van der Waals surface area contributed by atoms with E-state index >= 15 is 0 Å². The highest BCUT2D eigenvalue weighted by Crippen LogP contribution is 2.30. The van der Waals surface area contributed by atoms with E-state index < -0.39 is 11.9 Å². The number of unbranched alkanes of at least 4 members (excludes halogenated alkanes) is 5. The summed E-state index contributed by atoms with van der Waals surface area (Å²) in [5.74, 6) is 0.557. The third-order valence-electron chi connectivity index (χ3n) is 8.81. The normalized spacial score (nSPS) is 11.1. The van der Waals surface area contributed by atoms with Crippen molar-refractivity contribution in [3.8, 4) is 23.0 Å². The molecule has 0 saturated carbocycles. The molecule has 0 saturated heterocycles. The van der Waals surface area contributed by atoms with Crippen molar-refractivity contribution >= 4 is 24.0 Å². The molecule has 0 amide bonds. The molecule has 0 atom stereocenters. The summed E-state index contributed by atoms with van der Waals surface area (Å²) in [5, 5.41) is 0. The summed E-state index contributed by atoms with van der Waals surface area (Å²) in [4.78, 5) is 36.7. The molecule has 0 N–H and O–H groups in total. The Morgan fingerprint density at radius 3 is 1.80 bits per heavy atom. The third-order valence-corrected chi connectivity index (χ3v) is 8.81. The Bertz CT molecular complexity index is 1670. The minimum absolute atomic E-state index is 0.255. The first kappa shape index (κ1) is 45.0. The van der Waals surface area contributed by atoms with Crippen molar-refractivity contribution < 1.29 is 52.3 Å². The molecule has 3 aromatic rings. The van der Waals surface area contributed by atoms with E-state index in [1.54, 1.807) is 85.0 Å². The Labute approximate surface area is 331 Å². The van der Waals surface area contributed by atoms with Crippen LogP contribution in [0.25, 0.3) is 6.08 Å². The highest BCUT2D eigenvalue weighted by Gasteiger charge is 2.30. The van der Waals surface area contributed by atoms with Gasteiger partial charge in [0, 0.05) is 6.08 Å². The lowest BCUT2D eigenvalue weighted by molar-refractivity contribution is -0.134. The topological polar surface area (TPSA) is 125 Å². The highest BCUT2D eigenvalue weighted by atomic mass is 16.6. The predicted octanol–water partition coefficient (Wildman–Crippen LogP) is 8.86. The highest BCUT2D eigenvalue weighted by molar-refractivity contribution is 5.92. The van der Waals surface area contributed by atoms with Crippen molar-refractivity contribution in [1.82, 2.24) is 0 Å². The lowest BCUT2D eigenvalue weighted by atomic mass is 9.88. The number of ether oxygens (including phenoxy) is 8. The van der Waals surface area contributed by atoms with Crippen LogP contribution in [0.4, 0.5) is 0 Å². The Morgan fingerprint density at radius 1 is 0.661 bits per heavy atom. The SMILES string of the molecule is C=CCOCC(CC)(COCC=C)COc1ccc(C(=O)OCCCCCCCCOc2ccc(C(=O)Oc3ccc(C=CC(=O)OC)cc3OC)cc2)cc1. The first-order valence-corrected chi connectivity index (χ1v) is 18.9. The lowest BCUT2D eigenvalue weighted by Gasteiger charge is -2.32. The van der Waals surface area contributed by atoms with Gasteiger partial charge in [-0.3, -0.25) is 0 Å². The molecule has 0 aliphatic heterocycles. The molecule has 0 heterocycles. The van der Waals surface area contributed by atoms with Gasteiger partial charge < -0.3 is 37.9 Å². The van der Waals surface area contributed by atoms with E-state index in [-0.39, 0.29) is 17.1 Å². The van der Waals surface area contributed by atoms with E-state index in [2.05, 4.69) is 24.8 Å². The van der Waals surface area contributed by atoms with Gasteiger partial charge in [0.2, 0.25) is 0 Å². The molecular weight excluding hydrogens is 716 g/mol. The Hall–Kier alpha value is -5.39. The molecule has 0 aliphatic rings. The summed E-state index contributed by atoms with van der Waals surface area (Å²) in [6.07, 6.45) is 12.9. The van der Waals surface area contributed by atoms with Crippen molar-refractivity contribution in [2.75, 3.05) is 60.5 Å². The van der Waals surface area contributed by atoms with Gasteiger partial charge >= 0.3 is 17.9 Å². The van der Waals surface area contributed by atoms with Gasteiger partial charge in [-0.25, -0.2) is 14.4 Å². The summed E-state index contributed by atoms with van der Waals surface area (Å²) in [6, 6.07) is 18.7. The second kappa shape index (κ2) is 25.6. The van der Waals surface area contributed by atoms with Gasteiger partial charge in [-0.2, -0.15) is 0 Å². The van der Waals surface area contributed by atoms with Crippen LogP contribution in [-0.2, 0) is 23.7 Å². The number of hydrogen-bond acceptors (Lipinski definition) is 11. The van der Waals surface area contributed by atoms with E-state index in [0.29, 0.717) is 80.2 Å². The summed E-state index contributed by atoms with van der Waals surface area (Å²) in [7, 11) is 2.77. The second-order valence-corrected chi connectivity index (χ2v) is 13.1. The minimum atomic E-state index is -0.537. The number of methoxy groups -OCH3 is 2. The summed E-state index contributed by atoms with van der Waals surface area (Å²) >= 11 is 0. The average molecular weight is 773 g/mol. The van der Waals surface area contributed by atoms with Crippen LogP contribution < -0.4 is 18.9 Å². The molecule has 11 heteroatoms. The van der Waals surface area contributed by atoms with Gasteiger partial charge in [-0.15, -0.1) is 13.2 Å². The number of esters is 3. The van der Waals surface area contributed by atoms with E-state index in [1.807, 2.05) is 0 Å². The van der Waals surface area contributed by atoms with E-state index in [0.717, 1.165) is 44.9 Å². The molecule has 0 unspecified atom stereocenters. The lowest BCUT2D eigenvalue weighted by Crippen LogP contribution is -2.38. The maximum absolute atomic E-state index is 12.7. The summed E-state index contributed by atoms with van der Waals surface area (Å²) in [6.45, 7) is 12.7. The molecule has 0 fully saturated rings. The Morgan fingerprint density at radius 2 is 1.23 bits per heavy atom. The van der Waals surface area contributed by atoms with Crippen molar-refractivity contribution in [3.63, 3.8) is 0 Å². The molecule has 3 rings (SSSR count). The average Bonchev–Trinajstić information content (AvgIpc) is 3.23. The molecule has 0 bridgehead atoms. The first-order chi connectivity index (χ1) is 27.3. The zero-order valence-electron chi connectivity index (χ0n) is 33.0. The molecule has 0 aromatic heterocycles. The van der Waals surface area contributed by atoms with Crippen molar-refractivity contribution in [2.45, 2.75) is 51.9 Å². The largest absolute Gasteiger partial charge is 0.494 e. The van der Waals surface area contributed by atoms with Gasteiger partial charge in [0.15, 0.2) is 11.5 Å². The minimum Gasteiger partial charge on any atom is -0.494 e. The van der Waals surface area contributed by atoms with Crippen LogP contribution >= 0.6 is 0 Å². The maximum atomic E-state index is 12.7. The summed E-state index contributed by atoms with van der Waals surface area (Å²) in [5.41, 5.74) is 1.20. The van der Waals surface area contributed by atoms with E-state index in [1.165, 1.54) is 20.3 Å². The molecule has 302 valence electrons. The monoisotopic (exact) mass is 772 g/mol. The molecule has 0 radical (unpaired) electrons. The molecular formula is C45H56O11. The van der Waals surface area contributed by atoms with Crippen LogP contribution in [0.3, 0.4) is 0 Å². The van der Waals surface area contributed by atoms with E-state index in [9.17, 15) is 14.4 Å². The first-order valence-electron chi connectivity index (χ1n) is 18.9. The fourth-order valence-corrected chi connectivity index (χ4v) is 5.37. The quantitative estimate of drug-likeness (QED) is 0.0231. The smallest absolute Gasteiger partial charge is 0.343 e. The zero-order chi connectivity index (χ0) is 40.4. The van der Waals surface area contributed by atoms with Crippen molar-refractivity contribution in [1.29, 1.82) is 0 Å². The van der Waals surface area contributed by atoms with Gasteiger partial charge in [0.05, 0.1) is 77.0 Å². The van der Waals surface area contributed by atoms with Gasteiger partial charge in [0.25, 0.3) is 0 Å². The van der Waals surface area contributed by atoms with Crippen LogP contribution in [-0.4, -0.2) is 78.4 Å². The predicted molar refractivity (Wildman–Crippen MR) is 216 cm³/mol. The number of rotatable bonds is 28. The van der Waals surface area contributed by atoms with Gasteiger partial charge in [0.1, 0.15) is 11.5 Å². The number of carbonyl (C=O) groups excluding carboxylic acids is 3. The van der Waals surface area contributed by atoms with Crippen LogP contribution in [0.5, 0.6) is 23.0 Å². The van der Waals surface area contributed by atoms with Crippen LogP contribution in [0, 0.1) is 5.41 Å². The Kier molecular flexibility index (Phi) is 20.6. The van der Waals surface area contributed by atoms with Gasteiger partial charge in [-0.1, -0.05) is 50.8 Å². The fraction of sp³-hybridized carbons (Fsp3) is 0.400. The number of benzene rings is 3. The standard InChI is InChI=1S/C45H56O11/c1-6-27-51-32-45(8-3,33-52-28-7-2)34-55-39-23-17-36(18-24-39)43(47)54-30-14-12-10-9-11-13-29-53-38-21-19-37(20-22-38)44(48)56-40-25-15-35(31-41(40)49-4)16-26-42(46)50-5/h6-7,15-26,31H,1-2,8-14,27-30,32-34H2,3-5H3. The van der Waals surface area contributed by atoms with Crippen LogP contribution in [0.15, 0.2) is 98.1 Å². The molecule has 3 aromatic carbocycles. The van der Waals surface area contributed by atoms with Crippen molar-refractivity contribution in [3.05, 3.63) is 115 Å². The summed E-state index contributed by atoms with van der Waals surface area (Å²) < 4.78 is 44.4. The molecule has 0 aliphatic carbocycles. The van der Waals surface area contributed by atoms with Crippen LogP contribution in [0.1, 0.15) is 78.1 Å². The molecule has 56 heavy (non-hydrogen) atoms. The fourth-order valence-electron chi connectivity index (χ4n) is 5.37. The number of carbonyl (C=O) groups is 3. The van der Waals surface area contributed by atoms with Gasteiger partial charge in [-0.05, 0) is 91.6 Å². The number of hydrogen-bond donors (Lipinski definition) is 0. The van der Waals surface area contributed by atoms with Crippen molar-refractivity contribution in [2.24, 2.45) is 5.41 Å². The van der Waals surface area contributed by atoms with Crippen LogP contribution in [0.2, 0.25) is 0 Å². The maximum Gasteiger partial charge on any atom is 0.343 e. The Balaban J connectivity index is 1.28. The van der Waals surface area contributed by atoms with E-state index in [4.69, 9.17) is 33.2 Å². The zero-order valence-corrected chi connectivity index (χ0v) is 33.0.